The van der Waals surface area contributed by atoms with Crippen molar-refractivity contribution < 1.29 is 4.79 Å². The van der Waals surface area contributed by atoms with Crippen LogP contribution in [0.3, 0.4) is 0 Å². The summed E-state index contributed by atoms with van der Waals surface area (Å²) in [5.41, 5.74) is 0.518. The smallest absolute Gasteiger partial charge is 0.320 e. The largest absolute Gasteiger partial charge is 0.322 e. The van der Waals surface area contributed by atoms with E-state index in [-0.39, 0.29) is 0 Å². The van der Waals surface area contributed by atoms with Crippen LogP contribution in [0.25, 0.3) is 0 Å². The highest BCUT2D eigenvalue weighted by atomic mass is 35.5. The molecule has 0 aromatic heterocycles. The maximum absolute atomic E-state index is 11.5. The number of rotatable bonds is 3. The van der Waals surface area contributed by atoms with E-state index in [0.29, 0.717) is 22.2 Å². The third-order valence-electron chi connectivity index (χ3n) is 2.05. The first-order valence-corrected chi connectivity index (χ1v) is 5.74. The van der Waals surface area contributed by atoms with E-state index < -0.39 is 12.1 Å². The van der Waals surface area contributed by atoms with Gasteiger partial charge in [-0.2, -0.15) is 5.26 Å². The molecule has 0 fully saturated rings. The van der Waals surface area contributed by atoms with Crippen LogP contribution in [0.5, 0.6) is 0 Å². The zero-order valence-corrected chi connectivity index (χ0v) is 10.6. The Morgan fingerprint density at radius 2 is 2.18 bits per heavy atom. The predicted octanol–water partition coefficient (Wildman–Crippen LogP) is 3.42. The highest BCUT2D eigenvalue weighted by Crippen LogP contribution is 2.24. The first kappa shape index (κ1) is 13.6. The van der Waals surface area contributed by atoms with Crippen LogP contribution in [0.4, 0.5) is 10.5 Å². The summed E-state index contributed by atoms with van der Waals surface area (Å²) < 4.78 is 0. The molecule has 1 rings (SSSR count). The van der Waals surface area contributed by atoms with E-state index in [1.165, 1.54) is 6.07 Å². The van der Waals surface area contributed by atoms with Crippen molar-refractivity contribution in [2.24, 2.45) is 0 Å². The molecule has 0 heterocycles. The van der Waals surface area contributed by atoms with Gasteiger partial charge in [-0.05, 0) is 24.6 Å². The molecule has 1 aromatic rings. The second-order valence-corrected chi connectivity index (χ2v) is 4.13. The number of halogens is 2. The van der Waals surface area contributed by atoms with Crippen molar-refractivity contribution >= 4 is 34.9 Å². The van der Waals surface area contributed by atoms with Crippen molar-refractivity contribution in [1.29, 1.82) is 5.26 Å². The summed E-state index contributed by atoms with van der Waals surface area (Å²) in [6, 6.07) is 5.77. The van der Waals surface area contributed by atoms with Crippen molar-refractivity contribution in [3.63, 3.8) is 0 Å². The van der Waals surface area contributed by atoms with Gasteiger partial charge >= 0.3 is 6.03 Å². The van der Waals surface area contributed by atoms with Crippen molar-refractivity contribution in [3.8, 4) is 6.07 Å². The second kappa shape index (κ2) is 6.33. The fourth-order valence-corrected chi connectivity index (χ4v) is 1.42. The van der Waals surface area contributed by atoms with Crippen LogP contribution in [0.15, 0.2) is 18.2 Å². The van der Waals surface area contributed by atoms with Gasteiger partial charge in [0, 0.05) is 5.69 Å². The molecule has 90 valence electrons. The van der Waals surface area contributed by atoms with E-state index in [4.69, 9.17) is 28.5 Å². The number of hydrogen-bond acceptors (Lipinski definition) is 2. The highest BCUT2D eigenvalue weighted by Gasteiger charge is 2.09. The Labute approximate surface area is 110 Å². The molecule has 1 unspecified atom stereocenters. The van der Waals surface area contributed by atoms with Crippen molar-refractivity contribution in [2.75, 3.05) is 5.32 Å². The van der Waals surface area contributed by atoms with Crippen LogP contribution < -0.4 is 10.6 Å². The van der Waals surface area contributed by atoms with Crippen LogP contribution in [0.1, 0.15) is 13.3 Å². The summed E-state index contributed by atoms with van der Waals surface area (Å²) >= 11 is 11.5. The van der Waals surface area contributed by atoms with E-state index in [1.807, 2.05) is 13.0 Å². The van der Waals surface area contributed by atoms with Crippen molar-refractivity contribution in [2.45, 2.75) is 19.4 Å². The first-order valence-electron chi connectivity index (χ1n) is 4.99. The average Bonchev–Trinajstić information content (AvgIpc) is 2.31. The summed E-state index contributed by atoms with van der Waals surface area (Å²) in [4.78, 5) is 11.5. The summed E-state index contributed by atoms with van der Waals surface area (Å²) in [7, 11) is 0. The zero-order chi connectivity index (χ0) is 12.8. The number of hydrogen-bond donors (Lipinski definition) is 2. The van der Waals surface area contributed by atoms with Crippen molar-refractivity contribution in [1.82, 2.24) is 5.32 Å². The van der Waals surface area contributed by atoms with Crippen LogP contribution >= 0.6 is 23.2 Å². The number of anilines is 1. The van der Waals surface area contributed by atoms with Crippen molar-refractivity contribution in [3.05, 3.63) is 28.2 Å². The summed E-state index contributed by atoms with van der Waals surface area (Å²) in [5.74, 6) is 0. The normalized spacial score (nSPS) is 11.4. The maximum atomic E-state index is 11.5. The molecule has 0 radical (unpaired) electrons. The lowest BCUT2D eigenvalue weighted by Gasteiger charge is -2.11. The van der Waals surface area contributed by atoms with Gasteiger partial charge in [-0.15, -0.1) is 0 Å². The van der Waals surface area contributed by atoms with E-state index in [0.717, 1.165) is 0 Å². The SMILES string of the molecule is CCC(C#N)NC(=O)Nc1ccc(Cl)c(Cl)c1. The van der Waals surface area contributed by atoms with E-state index in [9.17, 15) is 4.79 Å². The summed E-state index contributed by atoms with van der Waals surface area (Å²) in [5, 5.41) is 14.5. The lowest BCUT2D eigenvalue weighted by atomic mass is 10.2. The molecular formula is C11H11Cl2N3O. The minimum absolute atomic E-state index is 0.358. The standard InChI is InChI=1S/C11H11Cl2N3O/c1-2-7(6-14)15-11(17)16-8-3-4-9(12)10(13)5-8/h3-5,7H,2H2,1H3,(H2,15,16,17). The lowest BCUT2D eigenvalue weighted by Crippen LogP contribution is -2.36. The lowest BCUT2D eigenvalue weighted by molar-refractivity contribution is 0.250. The third kappa shape index (κ3) is 4.14. The number of nitrogens with one attached hydrogen (secondary N) is 2. The molecular weight excluding hydrogens is 261 g/mol. The Kier molecular flexibility index (Phi) is 5.08. The van der Waals surface area contributed by atoms with Gasteiger partial charge in [0.1, 0.15) is 6.04 Å². The third-order valence-corrected chi connectivity index (χ3v) is 2.79. The van der Waals surface area contributed by atoms with Crippen LogP contribution in [0, 0.1) is 11.3 Å². The second-order valence-electron chi connectivity index (χ2n) is 3.32. The fourth-order valence-electron chi connectivity index (χ4n) is 1.12. The minimum Gasteiger partial charge on any atom is -0.322 e. The average molecular weight is 272 g/mol. The molecule has 0 bridgehead atoms. The molecule has 17 heavy (non-hydrogen) atoms. The summed E-state index contributed by atoms with van der Waals surface area (Å²) in [6.45, 7) is 1.81. The van der Waals surface area contributed by atoms with Gasteiger partial charge in [-0.1, -0.05) is 30.1 Å². The van der Waals surface area contributed by atoms with Crippen LogP contribution in [-0.2, 0) is 0 Å². The topological polar surface area (TPSA) is 64.9 Å². The Morgan fingerprint density at radius 1 is 1.47 bits per heavy atom. The van der Waals surface area contributed by atoms with E-state index in [2.05, 4.69) is 10.6 Å². The molecule has 1 atom stereocenters. The monoisotopic (exact) mass is 271 g/mol. The number of nitriles is 1. The number of amides is 2. The van der Waals surface area contributed by atoms with Gasteiger partial charge in [0.05, 0.1) is 16.1 Å². The number of carbonyl (C=O) groups excluding carboxylic acids is 1. The molecule has 0 aliphatic heterocycles. The Balaban J connectivity index is 2.62. The Hall–Kier alpha value is -1.44. The number of carbonyl (C=O) groups is 1. The quantitative estimate of drug-likeness (QED) is 0.885. The van der Waals surface area contributed by atoms with Gasteiger partial charge in [0.15, 0.2) is 0 Å². The molecule has 2 N–H and O–H groups in total. The molecule has 0 aliphatic carbocycles. The molecule has 4 nitrogen and oxygen atoms in total. The van der Waals surface area contributed by atoms with Gasteiger partial charge in [-0.25, -0.2) is 4.79 Å². The van der Waals surface area contributed by atoms with E-state index in [1.54, 1.807) is 12.1 Å². The minimum atomic E-state index is -0.502. The van der Waals surface area contributed by atoms with Crippen LogP contribution in [0.2, 0.25) is 10.0 Å². The Bertz CT molecular complexity index is 457. The fraction of sp³-hybridized carbons (Fsp3) is 0.273. The van der Waals surface area contributed by atoms with Gasteiger partial charge < -0.3 is 10.6 Å². The number of nitrogens with zero attached hydrogens (tertiary/aromatic N) is 1. The number of benzene rings is 1. The molecule has 0 aliphatic rings. The highest BCUT2D eigenvalue weighted by molar-refractivity contribution is 6.42. The molecule has 0 spiro atoms. The molecule has 0 saturated heterocycles. The Morgan fingerprint density at radius 3 is 2.71 bits per heavy atom. The van der Waals surface area contributed by atoms with Gasteiger partial charge in [-0.3, -0.25) is 0 Å². The molecule has 2 amide bonds. The van der Waals surface area contributed by atoms with Gasteiger partial charge in [0.25, 0.3) is 0 Å². The summed E-state index contributed by atoms with van der Waals surface area (Å²) in [6.07, 6.45) is 0.547. The first-order chi connectivity index (χ1) is 8.06. The maximum Gasteiger partial charge on any atom is 0.320 e. The molecule has 1 aromatic carbocycles. The zero-order valence-electron chi connectivity index (χ0n) is 9.13. The predicted molar refractivity (Wildman–Crippen MR) is 68.3 cm³/mol. The molecule has 0 saturated carbocycles. The molecule has 6 heteroatoms. The number of urea groups is 1. The van der Waals surface area contributed by atoms with E-state index >= 15 is 0 Å². The van der Waals surface area contributed by atoms with Gasteiger partial charge in [0.2, 0.25) is 0 Å². The van der Waals surface area contributed by atoms with Crippen LogP contribution in [-0.4, -0.2) is 12.1 Å².